The zero-order valence-electron chi connectivity index (χ0n) is 8.33. The zero-order valence-corrected chi connectivity index (χ0v) is 9.91. The molecule has 1 heterocycles. The lowest BCUT2D eigenvalue weighted by molar-refractivity contribution is 0.427. The first-order chi connectivity index (χ1) is 7.63. The van der Waals surface area contributed by atoms with Gasteiger partial charge in [-0.05, 0) is 12.8 Å². The van der Waals surface area contributed by atoms with E-state index in [0.717, 1.165) is 4.70 Å². The molecule has 1 aromatic heterocycles. The Morgan fingerprint density at radius 1 is 1.62 bits per heavy atom. The molecule has 0 fully saturated rings. The number of rotatable bonds is 3. The van der Waals surface area contributed by atoms with E-state index < -0.39 is 5.82 Å². The van der Waals surface area contributed by atoms with Crippen molar-refractivity contribution in [2.45, 2.75) is 12.8 Å². The molecule has 0 saturated heterocycles. The first-order valence-corrected chi connectivity index (χ1v) is 5.90. The minimum atomic E-state index is -0.659. The molecular weight excluding hydrogens is 249 g/mol. The number of thiazole rings is 1. The SMILES string of the molecule is C=CCCc1c(O)c(F)cc2nc(Cl)sc12. The van der Waals surface area contributed by atoms with Gasteiger partial charge in [-0.25, -0.2) is 9.37 Å². The van der Waals surface area contributed by atoms with Crippen molar-refractivity contribution in [2.24, 2.45) is 0 Å². The van der Waals surface area contributed by atoms with E-state index in [2.05, 4.69) is 11.6 Å². The summed E-state index contributed by atoms with van der Waals surface area (Å²) in [5.41, 5.74) is 1.05. The Hall–Kier alpha value is -1.13. The summed E-state index contributed by atoms with van der Waals surface area (Å²) in [5.74, 6) is -0.969. The highest BCUT2D eigenvalue weighted by Crippen LogP contribution is 2.36. The quantitative estimate of drug-likeness (QED) is 0.846. The summed E-state index contributed by atoms with van der Waals surface area (Å²) in [4.78, 5) is 3.99. The van der Waals surface area contributed by atoms with Crippen molar-refractivity contribution < 1.29 is 9.50 Å². The molecule has 84 valence electrons. The standard InChI is InChI=1S/C11H9ClFNOS/c1-2-3-4-6-9(15)7(13)5-8-10(6)16-11(12)14-8/h2,5,15H,1,3-4H2. The van der Waals surface area contributed by atoms with Gasteiger partial charge in [0.05, 0.1) is 10.2 Å². The number of aromatic nitrogens is 1. The van der Waals surface area contributed by atoms with Crippen LogP contribution in [0.25, 0.3) is 10.2 Å². The number of aryl methyl sites for hydroxylation is 1. The van der Waals surface area contributed by atoms with Crippen LogP contribution in [-0.4, -0.2) is 10.1 Å². The monoisotopic (exact) mass is 257 g/mol. The second-order valence-corrected chi connectivity index (χ2v) is 4.91. The fraction of sp³-hybridized carbons (Fsp3) is 0.182. The second-order valence-electron chi connectivity index (χ2n) is 3.33. The van der Waals surface area contributed by atoms with Gasteiger partial charge in [0.1, 0.15) is 0 Å². The average molecular weight is 258 g/mol. The summed E-state index contributed by atoms with van der Waals surface area (Å²) < 4.78 is 14.5. The minimum absolute atomic E-state index is 0.310. The predicted molar refractivity (Wildman–Crippen MR) is 64.8 cm³/mol. The number of nitrogens with zero attached hydrogens (tertiary/aromatic N) is 1. The molecule has 0 amide bonds. The summed E-state index contributed by atoms with van der Waals surface area (Å²) in [6.45, 7) is 3.60. The van der Waals surface area contributed by atoms with E-state index in [9.17, 15) is 9.50 Å². The molecule has 0 aliphatic heterocycles. The Morgan fingerprint density at radius 2 is 2.38 bits per heavy atom. The smallest absolute Gasteiger partial charge is 0.184 e. The highest BCUT2D eigenvalue weighted by atomic mass is 35.5. The fourth-order valence-electron chi connectivity index (χ4n) is 1.54. The minimum Gasteiger partial charge on any atom is -0.505 e. The van der Waals surface area contributed by atoms with E-state index in [1.165, 1.54) is 17.4 Å². The van der Waals surface area contributed by atoms with Gasteiger partial charge >= 0.3 is 0 Å². The Balaban J connectivity index is 2.65. The number of fused-ring (bicyclic) bond motifs is 1. The third-order valence-electron chi connectivity index (χ3n) is 2.28. The first kappa shape index (κ1) is 11.4. The fourth-order valence-corrected chi connectivity index (χ4v) is 2.70. The van der Waals surface area contributed by atoms with Crippen molar-refractivity contribution in [3.05, 3.63) is 34.6 Å². The molecule has 2 aromatic rings. The van der Waals surface area contributed by atoms with Crippen molar-refractivity contribution >= 4 is 33.2 Å². The number of allylic oxidation sites excluding steroid dienone is 1. The molecule has 0 atom stereocenters. The Morgan fingerprint density at radius 3 is 3.06 bits per heavy atom. The highest BCUT2D eigenvalue weighted by Gasteiger charge is 2.15. The lowest BCUT2D eigenvalue weighted by atomic mass is 10.1. The highest BCUT2D eigenvalue weighted by molar-refractivity contribution is 7.22. The summed E-state index contributed by atoms with van der Waals surface area (Å²) in [5, 5.41) is 9.66. The van der Waals surface area contributed by atoms with Crippen LogP contribution in [0.4, 0.5) is 4.39 Å². The predicted octanol–water partition coefficient (Wildman–Crippen LogP) is 3.91. The van der Waals surface area contributed by atoms with Gasteiger partial charge < -0.3 is 5.11 Å². The number of benzene rings is 1. The van der Waals surface area contributed by atoms with Crippen molar-refractivity contribution in [1.29, 1.82) is 0 Å². The maximum Gasteiger partial charge on any atom is 0.184 e. The topological polar surface area (TPSA) is 33.1 Å². The molecule has 0 aliphatic rings. The van der Waals surface area contributed by atoms with Gasteiger partial charge in [0.2, 0.25) is 0 Å². The molecule has 0 aliphatic carbocycles. The van der Waals surface area contributed by atoms with Crippen LogP contribution in [0.3, 0.4) is 0 Å². The van der Waals surface area contributed by atoms with Gasteiger partial charge in [0, 0.05) is 11.6 Å². The van der Waals surface area contributed by atoms with Gasteiger partial charge in [-0.15, -0.1) is 17.9 Å². The van der Waals surface area contributed by atoms with Crippen molar-refractivity contribution in [1.82, 2.24) is 4.98 Å². The van der Waals surface area contributed by atoms with Crippen LogP contribution >= 0.6 is 22.9 Å². The molecule has 1 aromatic carbocycles. The number of phenolic OH excluding ortho intramolecular Hbond substituents is 1. The third-order valence-corrected chi connectivity index (χ3v) is 3.51. The maximum atomic E-state index is 13.4. The van der Waals surface area contributed by atoms with Crippen LogP contribution in [0.1, 0.15) is 12.0 Å². The van der Waals surface area contributed by atoms with Gasteiger partial charge in [-0.3, -0.25) is 0 Å². The lowest BCUT2D eigenvalue weighted by Gasteiger charge is -2.04. The van der Waals surface area contributed by atoms with Crippen LogP contribution < -0.4 is 0 Å². The van der Waals surface area contributed by atoms with Crippen molar-refractivity contribution in [3.8, 4) is 5.75 Å². The zero-order chi connectivity index (χ0) is 11.7. The maximum absolute atomic E-state index is 13.4. The summed E-state index contributed by atoms with van der Waals surface area (Å²) in [7, 11) is 0. The molecule has 2 nitrogen and oxygen atoms in total. The molecule has 5 heteroatoms. The Bertz CT molecular complexity index is 552. The number of hydrogen-bond acceptors (Lipinski definition) is 3. The van der Waals surface area contributed by atoms with Crippen molar-refractivity contribution in [2.75, 3.05) is 0 Å². The van der Waals surface area contributed by atoms with Gasteiger partial charge in [0.25, 0.3) is 0 Å². The molecule has 0 saturated carbocycles. The number of hydrogen-bond donors (Lipinski definition) is 1. The van der Waals surface area contributed by atoms with E-state index in [0.29, 0.717) is 28.4 Å². The summed E-state index contributed by atoms with van der Waals surface area (Å²) >= 11 is 7.02. The largest absolute Gasteiger partial charge is 0.505 e. The van der Waals surface area contributed by atoms with Gasteiger partial charge in [-0.2, -0.15) is 0 Å². The van der Waals surface area contributed by atoms with Crippen LogP contribution in [0.15, 0.2) is 18.7 Å². The van der Waals surface area contributed by atoms with Gasteiger partial charge in [0.15, 0.2) is 16.0 Å². The molecule has 2 rings (SSSR count). The molecule has 1 N–H and O–H groups in total. The van der Waals surface area contributed by atoms with Crippen LogP contribution in [0, 0.1) is 5.82 Å². The first-order valence-electron chi connectivity index (χ1n) is 4.70. The van der Waals surface area contributed by atoms with Crippen LogP contribution in [0.5, 0.6) is 5.75 Å². The van der Waals surface area contributed by atoms with E-state index in [1.807, 2.05) is 0 Å². The molecule has 0 spiro atoms. The molecule has 0 bridgehead atoms. The number of aromatic hydroxyl groups is 1. The van der Waals surface area contributed by atoms with E-state index in [-0.39, 0.29) is 5.75 Å². The molecule has 16 heavy (non-hydrogen) atoms. The summed E-state index contributed by atoms with van der Waals surface area (Å²) in [6, 6.07) is 1.20. The lowest BCUT2D eigenvalue weighted by Crippen LogP contribution is -1.89. The summed E-state index contributed by atoms with van der Waals surface area (Å²) in [6.07, 6.45) is 2.92. The van der Waals surface area contributed by atoms with E-state index >= 15 is 0 Å². The van der Waals surface area contributed by atoms with E-state index in [1.54, 1.807) is 6.08 Å². The van der Waals surface area contributed by atoms with Gasteiger partial charge in [-0.1, -0.05) is 17.7 Å². The van der Waals surface area contributed by atoms with Crippen molar-refractivity contribution in [3.63, 3.8) is 0 Å². The normalized spacial score (nSPS) is 10.9. The van der Waals surface area contributed by atoms with E-state index in [4.69, 9.17) is 11.6 Å². The second kappa shape index (κ2) is 4.39. The molecule has 0 unspecified atom stereocenters. The third kappa shape index (κ3) is 1.90. The molecule has 0 radical (unpaired) electrons. The Kier molecular flexibility index (Phi) is 3.12. The number of halogens is 2. The number of phenols is 1. The molecular formula is C11H9ClFNOS. The van der Waals surface area contributed by atoms with Crippen LogP contribution in [0.2, 0.25) is 4.47 Å². The van der Waals surface area contributed by atoms with Crippen LogP contribution in [-0.2, 0) is 6.42 Å². The Labute approximate surface area is 101 Å². The average Bonchev–Trinajstić information content (AvgIpc) is 2.59.